The maximum absolute atomic E-state index is 12.2. The Morgan fingerprint density at radius 1 is 1.04 bits per heavy atom. The van der Waals surface area contributed by atoms with Crippen molar-refractivity contribution in [2.24, 2.45) is 0 Å². The van der Waals surface area contributed by atoms with Gasteiger partial charge in [0.15, 0.2) is 13.2 Å². The minimum atomic E-state index is -0.592. The number of fused-ring (bicyclic) bond motifs is 1. The average Bonchev–Trinajstić information content (AvgIpc) is 3.03. The second-order valence-corrected chi connectivity index (χ2v) is 5.76. The smallest absolute Gasteiger partial charge is 0.344 e. The Labute approximate surface area is 144 Å². The summed E-state index contributed by atoms with van der Waals surface area (Å²) in [7, 11) is 0. The molecule has 1 heterocycles. The maximum Gasteiger partial charge on any atom is 0.344 e. The average molecular weight is 346 g/mol. The fourth-order valence-corrected chi connectivity index (χ4v) is 2.66. The number of hydrogen-bond acceptors (Lipinski definition) is 4. The summed E-state index contributed by atoms with van der Waals surface area (Å²) in [6.07, 6.45) is 0.815. The lowest BCUT2D eigenvalue weighted by molar-refractivity contribution is -0.149. The number of carbonyl (C=O) groups is 2. The summed E-state index contributed by atoms with van der Waals surface area (Å²) < 4.78 is 10.3. The van der Waals surface area contributed by atoms with Crippen molar-refractivity contribution in [1.29, 1.82) is 0 Å². The number of benzene rings is 2. The molecular weight excluding hydrogens is 330 g/mol. The molecule has 0 bridgehead atoms. The predicted molar refractivity (Wildman–Crippen MR) is 90.4 cm³/mol. The van der Waals surface area contributed by atoms with Gasteiger partial charge in [0, 0.05) is 17.3 Å². The molecule has 1 aliphatic heterocycles. The van der Waals surface area contributed by atoms with Crippen LogP contribution in [0.4, 0.5) is 5.69 Å². The minimum Gasteiger partial charge on any atom is -0.482 e. The van der Waals surface area contributed by atoms with Crippen molar-refractivity contribution < 1.29 is 19.1 Å². The third-order valence-electron chi connectivity index (χ3n) is 3.72. The van der Waals surface area contributed by atoms with E-state index in [1.165, 1.54) is 0 Å². The van der Waals surface area contributed by atoms with Gasteiger partial charge in [-0.3, -0.25) is 4.79 Å². The highest BCUT2D eigenvalue weighted by atomic mass is 35.5. The van der Waals surface area contributed by atoms with Crippen LogP contribution >= 0.6 is 11.6 Å². The normalized spacial score (nSPS) is 12.6. The van der Waals surface area contributed by atoms with Crippen molar-refractivity contribution in [2.45, 2.75) is 6.42 Å². The molecule has 0 saturated heterocycles. The second kappa shape index (κ2) is 7.36. The van der Waals surface area contributed by atoms with Gasteiger partial charge in [0.2, 0.25) is 0 Å². The molecule has 0 unspecified atom stereocenters. The van der Waals surface area contributed by atoms with Crippen molar-refractivity contribution in [3.8, 4) is 5.75 Å². The molecule has 2 aromatic carbocycles. The van der Waals surface area contributed by atoms with E-state index in [1.54, 1.807) is 29.2 Å². The van der Waals surface area contributed by atoms with Crippen molar-refractivity contribution in [1.82, 2.24) is 0 Å². The zero-order chi connectivity index (χ0) is 16.9. The molecule has 3 rings (SSSR count). The molecule has 6 heteroatoms. The summed E-state index contributed by atoms with van der Waals surface area (Å²) >= 11 is 5.77. The van der Waals surface area contributed by atoms with Gasteiger partial charge in [0.25, 0.3) is 5.91 Å². The Kier molecular flexibility index (Phi) is 5.01. The predicted octanol–water partition coefficient (Wildman–Crippen LogP) is 2.85. The van der Waals surface area contributed by atoms with E-state index in [-0.39, 0.29) is 19.1 Å². The third-order valence-corrected chi connectivity index (χ3v) is 3.97. The molecule has 24 heavy (non-hydrogen) atoms. The number of amides is 1. The molecule has 0 atom stereocenters. The van der Waals surface area contributed by atoms with Crippen LogP contribution in [0.2, 0.25) is 5.02 Å². The zero-order valence-corrected chi connectivity index (χ0v) is 13.7. The highest BCUT2D eigenvalue weighted by molar-refractivity contribution is 6.30. The molecule has 124 valence electrons. The summed E-state index contributed by atoms with van der Waals surface area (Å²) in [5, 5.41) is 0.585. The Hall–Kier alpha value is -2.53. The van der Waals surface area contributed by atoms with Crippen LogP contribution in [0.1, 0.15) is 5.56 Å². The largest absolute Gasteiger partial charge is 0.482 e. The Morgan fingerprint density at radius 2 is 1.79 bits per heavy atom. The Morgan fingerprint density at radius 3 is 2.58 bits per heavy atom. The van der Waals surface area contributed by atoms with Crippen LogP contribution in [0, 0.1) is 0 Å². The van der Waals surface area contributed by atoms with E-state index in [9.17, 15) is 9.59 Å². The highest BCUT2D eigenvalue weighted by Gasteiger charge is 2.24. The van der Waals surface area contributed by atoms with Crippen LogP contribution in [-0.4, -0.2) is 31.6 Å². The van der Waals surface area contributed by atoms with Gasteiger partial charge in [0.05, 0.1) is 0 Å². The first-order valence-electron chi connectivity index (χ1n) is 7.56. The number of carbonyl (C=O) groups excluding carboxylic acids is 2. The lowest BCUT2D eigenvalue weighted by Gasteiger charge is -2.17. The van der Waals surface area contributed by atoms with E-state index in [0.717, 1.165) is 17.7 Å². The molecule has 0 fully saturated rings. The molecular formula is C18H16ClNO4. The zero-order valence-electron chi connectivity index (χ0n) is 12.9. The number of halogens is 1. The molecule has 1 aliphatic rings. The van der Waals surface area contributed by atoms with Crippen LogP contribution in [0.25, 0.3) is 0 Å². The fraction of sp³-hybridized carbons (Fsp3) is 0.222. The molecule has 0 aromatic heterocycles. The number of anilines is 1. The first-order valence-corrected chi connectivity index (χ1v) is 7.93. The summed E-state index contributed by atoms with van der Waals surface area (Å²) in [6, 6.07) is 14.4. The van der Waals surface area contributed by atoms with Gasteiger partial charge in [-0.2, -0.15) is 0 Å². The SMILES string of the molecule is O=C(COc1ccc(Cl)cc1)OCC(=O)N1CCc2ccccc21. The number of nitrogens with zero attached hydrogens (tertiary/aromatic N) is 1. The number of hydrogen-bond donors (Lipinski definition) is 0. The van der Waals surface area contributed by atoms with Crippen molar-refractivity contribution in [3.05, 3.63) is 59.1 Å². The molecule has 0 saturated carbocycles. The lowest BCUT2D eigenvalue weighted by Crippen LogP contribution is -2.33. The monoisotopic (exact) mass is 345 g/mol. The van der Waals surface area contributed by atoms with Crippen LogP contribution in [-0.2, 0) is 20.7 Å². The van der Waals surface area contributed by atoms with E-state index < -0.39 is 5.97 Å². The molecule has 0 radical (unpaired) electrons. The van der Waals surface area contributed by atoms with Gasteiger partial charge in [-0.1, -0.05) is 29.8 Å². The Bertz CT molecular complexity index is 745. The number of rotatable bonds is 5. The van der Waals surface area contributed by atoms with Gasteiger partial charge in [-0.15, -0.1) is 0 Å². The van der Waals surface area contributed by atoms with Crippen LogP contribution in [0.15, 0.2) is 48.5 Å². The van der Waals surface area contributed by atoms with E-state index >= 15 is 0 Å². The molecule has 5 nitrogen and oxygen atoms in total. The van der Waals surface area contributed by atoms with Crippen LogP contribution < -0.4 is 9.64 Å². The first-order chi connectivity index (χ1) is 11.6. The lowest BCUT2D eigenvalue weighted by atomic mass is 10.2. The standard InChI is InChI=1S/C18H16ClNO4/c19-14-5-7-15(8-6-14)23-12-18(22)24-11-17(21)20-10-9-13-3-1-2-4-16(13)20/h1-8H,9-12H2. The van der Waals surface area contributed by atoms with Gasteiger partial charge >= 0.3 is 5.97 Å². The fourth-order valence-electron chi connectivity index (χ4n) is 2.53. The summed E-state index contributed by atoms with van der Waals surface area (Å²) in [6.45, 7) is 0.0552. The van der Waals surface area contributed by atoms with E-state index in [2.05, 4.69) is 0 Å². The van der Waals surface area contributed by atoms with E-state index in [4.69, 9.17) is 21.1 Å². The number of para-hydroxylation sites is 1. The van der Waals surface area contributed by atoms with Crippen molar-refractivity contribution in [3.63, 3.8) is 0 Å². The molecule has 0 aliphatic carbocycles. The van der Waals surface area contributed by atoms with Crippen molar-refractivity contribution >= 4 is 29.2 Å². The van der Waals surface area contributed by atoms with Gasteiger partial charge in [0.1, 0.15) is 5.75 Å². The number of esters is 1. The number of ether oxygens (including phenoxy) is 2. The van der Waals surface area contributed by atoms with E-state index in [1.807, 2.05) is 24.3 Å². The maximum atomic E-state index is 12.2. The molecule has 1 amide bonds. The molecule has 0 N–H and O–H groups in total. The topological polar surface area (TPSA) is 55.8 Å². The van der Waals surface area contributed by atoms with Crippen molar-refractivity contribution in [2.75, 3.05) is 24.7 Å². The highest BCUT2D eigenvalue weighted by Crippen LogP contribution is 2.27. The van der Waals surface area contributed by atoms with Crippen LogP contribution in [0.5, 0.6) is 5.75 Å². The minimum absolute atomic E-state index is 0.236. The second-order valence-electron chi connectivity index (χ2n) is 5.33. The summed E-state index contributed by atoms with van der Waals surface area (Å²) in [5.74, 6) is -0.318. The van der Waals surface area contributed by atoms with Gasteiger partial charge in [-0.05, 0) is 42.3 Å². The third kappa shape index (κ3) is 3.86. The summed E-state index contributed by atoms with van der Waals surface area (Å²) in [4.78, 5) is 25.6. The summed E-state index contributed by atoms with van der Waals surface area (Å²) in [5.41, 5.74) is 2.01. The van der Waals surface area contributed by atoms with Gasteiger partial charge in [-0.25, -0.2) is 4.79 Å². The van der Waals surface area contributed by atoms with Crippen LogP contribution in [0.3, 0.4) is 0 Å². The molecule has 2 aromatic rings. The van der Waals surface area contributed by atoms with Gasteiger partial charge < -0.3 is 14.4 Å². The first kappa shape index (κ1) is 16.3. The Balaban J connectivity index is 1.46. The molecule has 0 spiro atoms. The van der Waals surface area contributed by atoms with E-state index in [0.29, 0.717) is 17.3 Å². The quantitative estimate of drug-likeness (QED) is 0.782.